The Kier molecular flexibility index (Phi) is 7.82. The quantitative estimate of drug-likeness (QED) is 0.665. The summed E-state index contributed by atoms with van der Waals surface area (Å²) in [5.41, 5.74) is 0. The first-order valence-corrected chi connectivity index (χ1v) is 7.08. The van der Waals surface area contributed by atoms with Gasteiger partial charge < -0.3 is 14.8 Å². The number of unbranched alkanes of at least 4 members (excludes halogenated alkanes) is 1. The van der Waals surface area contributed by atoms with E-state index in [1.807, 2.05) is 14.2 Å². The van der Waals surface area contributed by atoms with Crippen molar-refractivity contribution in [2.75, 3.05) is 20.8 Å². The minimum Gasteiger partial charge on any atom is -0.381 e. The molecule has 1 fully saturated rings. The van der Waals surface area contributed by atoms with Crippen molar-refractivity contribution in [3.8, 4) is 0 Å². The molecule has 1 aliphatic rings. The molecule has 0 aliphatic heterocycles. The van der Waals surface area contributed by atoms with Crippen LogP contribution >= 0.6 is 0 Å². The molecule has 3 atom stereocenters. The lowest BCUT2D eigenvalue weighted by Gasteiger charge is -2.28. The van der Waals surface area contributed by atoms with Gasteiger partial charge in [-0.3, -0.25) is 0 Å². The molecule has 0 spiro atoms. The molecule has 17 heavy (non-hydrogen) atoms. The van der Waals surface area contributed by atoms with Crippen LogP contribution in [0.15, 0.2) is 0 Å². The lowest BCUT2D eigenvalue weighted by atomic mass is 9.95. The first-order chi connectivity index (χ1) is 8.26. The summed E-state index contributed by atoms with van der Waals surface area (Å²) in [5, 5.41) is 3.26. The second-order valence-corrected chi connectivity index (χ2v) is 5.20. The number of hydrogen-bond donors (Lipinski definition) is 1. The Balaban J connectivity index is 1.98. The number of ether oxygens (including phenoxy) is 2. The van der Waals surface area contributed by atoms with Crippen LogP contribution in [-0.4, -0.2) is 39.0 Å². The van der Waals surface area contributed by atoms with Crippen LogP contribution in [0.1, 0.15) is 51.9 Å². The molecular weight excluding hydrogens is 214 g/mol. The predicted octanol–water partition coefficient (Wildman–Crippen LogP) is 2.74. The van der Waals surface area contributed by atoms with Gasteiger partial charge in [-0.15, -0.1) is 0 Å². The third kappa shape index (κ3) is 6.39. The van der Waals surface area contributed by atoms with Gasteiger partial charge in [-0.25, -0.2) is 0 Å². The van der Waals surface area contributed by atoms with E-state index in [1.165, 1.54) is 38.5 Å². The predicted molar refractivity (Wildman–Crippen MR) is 71.4 cm³/mol. The summed E-state index contributed by atoms with van der Waals surface area (Å²) in [4.78, 5) is 0. The average Bonchev–Trinajstić information content (AvgIpc) is 2.38. The van der Waals surface area contributed by atoms with Gasteiger partial charge in [0.15, 0.2) is 0 Å². The summed E-state index contributed by atoms with van der Waals surface area (Å²) in [6.07, 6.45) is 9.30. The molecule has 0 saturated heterocycles. The fraction of sp³-hybridized carbons (Fsp3) is 1.00. The van der Waals surface area contributed by atoms with Crippen molar-refractivity contribution in [2.45, 2.75) is 70.1 Å². The van der Waals surface area contributed by atoms with E-state index in [-0.39, 0.29) is 0 Å². The summed E-state index contributed by atoms with van der Waals surface area (Å²) in [6, 6.07) is 0.627. The van der Waals surface area contributed by atoms with E-state index in [0.29, 0.717) is 18.2 Å². The molecule has 0 amide bonds. The van der Waals surface area contributed by atoms with Crippen LogP contribution in [0.5, 0.6) is 0 Å². The van der Waals surface area contributed by atoms with Crippen LogP contribution in [0.4, 0.5) is 0 Å². The van der Waals surface area contributed by atoms with Gasteiger partial charge in [-0.05, 0) is 58.9 Å². The number of hydrogen-bond acceptors (Lipinski definition) is 3. The van der Waals surface area contributed by atoms with Crippen LogP contribution in [0.2, 0.25) is 0 Å². The largest absolute Gasteiger partial charge is 0.381 e. The van der Waals surface area contributed by atoms with Gasteiger partial charge in [0.2, 0.25) is 0 Å². The fourth-order valence-electron chi connectivity index (χ4n) is 2.41. The second-order valence-electron chi connectivity index (χ2n) is 5.20. The standard InChI is InChI=1S/C14H29NO2/c1-12(15-2)7-4-5-10-17-14-9-6-8-13(11-14)16-3/h12-15H,4-11H2,1-3H3. The summed E-state index contributed by atoms with van der Waals surface area (Å²) in [7, 11) is 3.83. The monoisotopic (exact) mass is 243 g/mol. The molecule has 0 radical (unpaired) electrons. The van der Waals surface area contributed by atoms with Crippen LogP contribution in [0.25, 0.3) is 0 Å². The van der Waals surface area contributed by atoms with Crippen molar-refractivity contribution in [3.05, 3.63) is 0 Å². The Bertz CT molecular complexity index is 187. The lowest BCUT2D eigenvalue weighted by molar-refractivity contribution is -0.0303. The Morgan fingerprint density at radius 3 is 2.71 bits per heavy atom. The van der Waals surface area contributed by atoms with Gasteiger partial charge in [0, 0.05) is 19.8 Å². The topological polar surface area (TPSA) is 30.5 Å². The molecule has 102 valence electrons. The molecule has 1 aliphatic carbocycles. The van der Waals surface area contributed by atoms with Crippen molar-refractivity contribution >= 4 is 0 Å². The normalized spacial score (nSPS) is 27.0. The lowest BCUT2D eigenvalue weighted by Crippen LogP contribution is -2.27. The summed E-state index contributed by atoms with van der Waals surface area (Å²) in [5.74, 6) is 0. The average molecular weight is 243 g/mol. The smallest absolute Gasteiger partial charge is 0.0599 e. The van der Waals surface area contributed by atoms with Gasteiger partial charge >= 0.3 is 0 Å². The highest BCUT2D eigenvalue weighted by atomic mass is 16.5. The molecule has 3 nitrogen and oxygen atoms in total. The first kappa shape index (κ1) is 14.9. The highest BCUT2D eigenvalue weighted by Gasteiger charge is 2.21. The van der Waals surface area contributed by atoms with E-state index >= 15 is 0 Å². The van der Waals surface area contributed by atoms with Gasteiger partial charge in [0.05, 0.1) is 12.2 Å². The first-order valence-electron chi connectivity index (χ1n) is 7.08. The van der Waals surface area contributed by atoms with Gasteiger partial charge in [-0.1, -0.05) is 0 Å². The van der Waals surface area contributed by atoms with Crippen molar-refractivity contribution < 1.29 is 9.47 Å². The van der Waals surface area contributed by atoms with E-state index in [2.05, 4.69) is 12.2 Å². The van der Waals surface area contributed by atoms with Gasteiger partial charge in [0.1, 0.15) is 0 Å². The summed E-state index contributed by atoms with van der Waals surface area (Å²) in [6.45, 7) is 3.14. The molecule has 0 heterocycles. The maximum absolute atomic E-state index is 5.93. The Hall–Kier alpha value is -0.120. The number of methoxy groups -OCH3 is 1. The zero-order chi connectivity index (χ0) is 12.5. The Morgan fingerprint density at radius 1 is 1.24 bits per heavy atom. The van der Waals surface area contributed by atoms with E-state index in [1.54, 1.807) is 0 Å². The minimum absolute atomic E-state index is 0.429. The van der Waals surface area contributed by atoms with E-state index in [0.717, 1.165) is 13.0 Å². The highest BCUT2D eigenvalue weighted by Crippen LogP contribution is 2.23. The van der Waals surface area contributed by atoms with Crippen LogP contribution in [-0.2, 0) is 9.47 Å². The molecule has 1 N–H and O–H groups in total. The zero-order valence-corrected chi connectivity index (χ0v) is 11.7. The van der Waals surface area contributed by atoms with E-state index in [4.69, 9.17) is 9.47 Å². The third-order valence-electron chi connectivity index (χ3n) is 3.79. The van der Waals surface area contributed by atoms with Crippen molar-refractivity contribution in [1.82, 2.24) is 5.32 Å². The fourth-order valence-corrected chi connectivity index (χ4v) is 2.41. The SMILES string of the molecule is CNC(C)CCCCOC1CCCC(OC)C1. The molecule has 0 aromatic rings. The second kappa shape index (κ2) is 8.90. The number of rotatable bonds is 8. The Labute approximate surface area is 106 Å². The summed E-state index contributed by atoms with van der Waals surface area (Å²) >= 11 is 0. The molecule has 3 heteroatoms. The van der Waals surface area contributed by atoms with Crippen molar-refractivity contribution in [3.63, 3.8) is 0 Å². The molecular formula is C14H29NO2. The van der Waals surface area contributed by atoms with Gasteiger partial charge in [-0.2, -0.15) is 0 Å². The molecule has 0 aromatic heterocycles. The summed E-state index contributed by atoms with van der Waals surface area (Å²) < 4.78 is 11.3. The maximum atomic E-state index is 5.93. The molecule has 0 aromatic carbocycles. The molecule has 0 bridgehead atoms. The minimum atomic E-state index is 0.429. The third-order valence-corrected chi connectivity index (χ3v) is 3.79. The van der Waals surface area contributed by atoms with Crippen molar-refractivity contribution in [1.29, 1.82) is 0 Å². The van der Waals surface area contributed by atoms with Crippen LogP contribution < -0.4 is 5.32 Å². The van der Waals surface area contributed by atoms with Gasteiger partial charge in [0.25, 0.3) is 0 Å². The molecule has 1 saturated carbocycles. The maximum Gasteiger partial charge on any atom is 0.0599 e. The molecule has 1 rings (SSSR count). The number of nitrogens with one attached hydrogen (secondary N) is 1. The highest BCUT2D eigenvalue weighted by molar-refractivity contribution is 4.73. The molecule has 3 unspecified atom stereocenters. The van der Waals surface area contributed by atoms with Crippen molar-refractivity contribution in [2.24, 2.45) is 0 Å². The zero-order valence-electron chi connectivity index (χ0n) is 11.7. The van der Waals surface area contributed by atoms with E-state index < -0.39 is 0 Å². The van der Waals surface area contributed by atoms with E-state index in [9.17, 15) is 0 Å². The Morgan fingerprint density at radius 2 is 2.00 bits per heavy atom. The van der Waals surface area contributed by atoms with Crippen LogP contribution in [0.3, 0.4) is 0 Å². The van der Waals surface area contributed by atoms with Crippen LogP contribution in [0, 0.1) is 0 Å².